The first-order valence-electron chi connectivity index (χ1n) is 4.62. The highest BCUT2D eigenvalue weighted by Gasteiger charge is 2.35. The summed E-state index contributed by atoms with van der Waals surface area (Å²) in [5.41, 5.74) is 0. The van der Waals surface area contributed by atoms with E-state index in [1.807, 2.05) is 0 Å². The smallest absolute Gasteiger partial charge is 0.308 e. The van der Waals surface area contributed by atoms with Gasteiger partial charge in [0.15, 0.2) is 0 Å². The number of aliphatic carboxylic acids is 1. The molecule has 1 unspecified atom stereocenters. The van der Waals surface area contributed by atoms with Gasteiger partial charge in [0.1, 0.15) is 5.82 Å². The molecule has 0 radical (unpaired) electrons. The van der Waals surface area contributed by atoms with E-state index in [4.69, 9.17) is 5.11 Å². The second-order valence-corrected chi connectivity index (χ2v) is 3.43. The average Bonchev–Trinajstić information content (AvgIpc) is 2.62. The molecule has 15 heavy (non-hydrogen) atoms. The number of nitrogens with zero attached hydrogens (tertiary/aromatic N) is 2. The highest BCUT2D eigenvalue weighted by molar-refractivity contribution is 5.98. The molecule has 0 saturated carbocycles. The number of aromatic nitrogens is 1. The summed E-state index contributed by atoms with van der Waals surface area (Å²) in [4.78, 5) is 27.7. The van der Waals surface area contributed by atoms with E-state index in [0.29, 0.717) is 5.82 Å². The van der Waals surface area contributed by atoms with Crippen molar-refractivity contribution in [3.05, 3.63) is 24.4 Å². The molecular weight excluding hydrogens is 196 g/mol. The number of hydrogen-bond donors (Lipinski definition) is 1. The van der Waals surface area contributed by atoms with Crippen LogP contribution in [0.25, 0.3) is 0 Å². The van der Waals surface area contributed by atoms with E-state index in [1.165, 1.54) is 4.90 Å². The Morgan fingerprint density at radius 3 is 2.87 bits per heavy atom. The normalized spacial score (nSPS) is 20.7. The summed E-state index contributed by atoms with van der Waals surface area (Å²) >= 11 is 0. The van der Waals surface area contributed by atoms with E-state index in [9.17, 15) is 9.59 Å². The zero-order valence-electron chi connectivity index (χ0n) is 7.96. The molecule has 1 amide bonds. The summed E-state index contributed by atoms with van der Waals surface area (Å²) < 4.78 is 0. The molecule has 1 atom stereocenters. The molecule has 0 spiro atoms. The van der Waals surface area contributed by atoms with Crippen LogP contribution in [0.1, 0.15) is 6.42 Å². The van der Waals surface area contributed by atoms with Crippen LogP contribution in [0.15, 0.2) is 24.4 Å². The summed E-state index contributed by atoms with van der Waals surface area (Å²) in [6.07, 6.45) is 1.64. The minimum absolute atomic E-state index is 0.0614. The fraction of sp³-hybridized carbons (Fsp3) is 0.300. The van der Waals surface area contributed by atoms with Crippen LogP contribution in [-0.2, 0) is 9.59 Å². The standard InChI is InChI=1S/C10H10N2O3/c13-9-5-7(10(14)15)6-12(9)8-3-1-2-4-11-8/h1-4,7H,5-6H2,(H,14,15). The van der Waals surface area contributed by atoms with Crippen molar-refractivity contribution in [2.45, 2.75) is 6.42 Å². The van der Waals surface area contributed by atoms with Gasteiger partial charge in [-0.25, -0.2) is 4.98 Å². The van der Waals surface area contributed by atoms with Crippen LogP contribution in [-0.4, -0.2) is 28.5 Å². The number of rotatable bonds is 2. The molecule has 0 aliphatic carbocycles. The van der Waals surface area contributed by atoms with Gasteiger partial charge in [0.05, 0.1) is 5.92 Å². The average molecular weight is 206 g/mol. The molecule has 5 heteroatoms. The third kappa shape index (κ3) is 1.81. The zero-order valence-corrected chi connectivity index (χ0v) is 7.96. The Morgan fingerprint density at radius 1 is 1.53 bits per heavy atom. The van der Waals surface area contributed by atoms with Crippen LogP contribution < -0.4 is 4.90 Å². The van der Waals surface area contributed by atoms with Gasteiger partial charge in [0, 0.05) is 19.2 Å². The second-order valence-electron chi connectivity index (χ2n) is 3.43. The molecule has 1 fully saturated rings. The fourth-order valence-corrected chi connectivity index (χ4v) is 1.61. The predicted molar refractivity (Wildman–Crippen MR) is 52.3 cm³/mol. The van der Waals surface area contributed by atoms with E-state index >= 15 is 0 Å². The number of carboxylic acids is 1. The number of anilines is 1. The Kier molecular flexibility index (Phi) is 2.37. The maximum absolute atomic E-state index is 11.5. The molecule has 5 nitrogen and oxygen atoms in total. The topological polar surface area (TPSA) is 70.5 Å². The second kappa shape index (κ2) is 3.68. The first-order chi connectivity index (χ1) is 7.18. The number of pyridine rings is 1. The van der Waals surface area contributed by atoms with Crippen molar-refractivity contribution < 1.29 is 14.7 Å². The molecule has 1 aliphatic rings. The van der Waals surface area contributed by atoms with Gasteiger partial charge in [-0.05, 0) is 12.1 Å². The largest absolute Gasteiger partial charge is 0.481 e. The van der Waals surface area contributed by atoms with E-state index in [-0.39, 0.29) is 18.9 Å². The molecule has 1 aromatic rings. The van der Waals surface area contributed by atoms with Gasteiger partial charge >= 0.3 is 5.97 Å². The van der Waals surface area contributed by atoms with Crippen molar-refractivity contribution in [1.82, 2.24) is 4.98 Å². The molecule has 2 rings (SSSR count). The van der Waals surface area contributed by atoms with Crippen LogP contribution >= 0.6 is 0 Å². The van der Waals surface area contributed by atoms with Gasteiger partial charge in [-0.3, -0.25) is 14.5 Å². The van der Waals surface area contributed by atoms with E-state index in [1.54, 1.807) is 24.4 Å². The molecule has 1 N–H and O–H groups in total. The van der Waals surface area contributed by atoms with Gasteiger partial charge in [0.2, 0.25) is 5.91 Å². The summed E-state index contributed by atoms with van der Waals surface area (Å²) in [5, 5.41) is 8.80. The lowest BCUT2D eigenvalue weighted by Gasteiger charge is -2.13. The third-order valence-electron chi connectivity index (χ3n) is 2.40. The molecular formula is C10H10N2O3. The molecule has 78 valence electrons. The monoisotopic (exact) mass is 206 g/mol. The molecule has 1 aliphatic heterocycles. The Labute approximate surface area is 86.3 Å². The lowest BCUT2D eigenvalue weighted by molar-refractivity contribution is -0.141. The van der Waals surface area contributed by atoms with Crippen LogP contribution in [0, 0.1) is 5.92 Å². The molecule has 1 aromatic heterocycles. The molecule has 0 bridgehead atoms. The summed E-state index contributed by atoms with van der Waals surface area (Å²) in [6, 6.07) is 5.21. The van der Waals surface area contributed by atoms with Crippen molar-refractivity contribution in [3.63, 3.8) is 0 Å². The lowest BCUT2D eigenvalue weighted by atomic mass is 10.1. The van der Waals surface area contributed by atoms with Gasteiger partial charge in [0.25, 0.3) is 0 Å². The van der Waals surface area contributed by atoms with Crippen LogP contribution in [0.3, 0.4) is 0 Å². The summed E-state index contributed by atoms with van der Waals surface area (Å²) in [6.45, 7) is 0.213. The Bertz CT molecular complexity index is 391. The number of amides is 1. The summed E-state index contributed by atoms with van der Waals surface area (Å²) in [5.74, 6) is -1.20. The SMILES string of the molecule is O=C(O)C1CC(=O)N(c2ccccn2)C1. The van der Waals surface area contributed by atoms with Gasteiger partial charge in [-0.15, -0.1) is 0 Å². The fourth-order valence-electron chi connectivity index (χ4n) is 1.61. The van der Waals surface area contributed by atoms with Crippen LogP contribution in [0.4, 0.5) is 5.82 Å². The predicted octanol–water partition coefficient (Wildman–Crippen LogP) is 0.519. The van der Waals surface area contributed by atoms with Gasteiger partial charge < -0.3 is 5.11 Å². The van der Waals surface area contributed by atoms with E-state index in [2.05, 4.69) is 4.98 Å². The molecule has 0 aromatic carbocycles. The lowest BCUT2D eigenvalue weighted by Crippen LogP contribution is -2.26. The van der Waals surface area contributed by atoms with Crippen molar-refractivity contribution in [2.75, 3.05) is 11.4 Å². The van der Waals surface area contributed by atoms with Crippen molar-refractivity contribution >= 4 is 17.7 Å². The highest BCUT2D eigenvalue weighted by Crippen LogP contribution is 2.22. The Balaban J connectivity index is 2.19. The first kappa shape index (κ1) is 9.64. The minimum Gasteiger partial charge on any atom is -0.481 e. The molecule has 2 heterocycles. The highest BCUT2D eigenvalue weighted by atomic mass is 16.4. The Hall–Kier alpha value is -1.91. The number of carbonyl (C=O) groups excluding carboxylic acids is 1. The maximum atomic E-state index is 11.5. The summed E-state index contributed by atoms with van der Waals surface area (Å²) in [7, 11) is 0. The van der Waals surface area contributed by atoms with Crippen molar-refractivity contribution in [3.8, 4) is 0 Å². The van der Waals surface area contributed by atoms with Crippen LogP contribution in [0.2, 0.25) is 0 Å². The quantitative estimate of drug-likeness (QED) is 0.765. The van der Waals surface area contributed by atoms with Crippen LogP contribution in [0.5, 0.6) is 0 Å². The minimum atomic E-state index is -0.929. The third-order valence-corrected chi connectivity index (χ3v) is 2.40. The van der Waals surface area contributed by atoms with E-state index < -0.39 is 11.9 Å². The van der Waals surface area contributed by atoms with E-state index in [0.717, 1.165) is 0 Å². The molecule has 1 saturated heterocycles. The maximum Gasteiger partial charge on any atom is 0.308 e. The zero-order chi connectivity index (χ0) is 10.8. The number of hydrogen-bond acceptors (Lipinski definition) is 3. The number of carbonyl (C=O) groups is 2. The van der Waals surface area contributed by atoms with Crippen molar-refractivity contribution in [1.29, 1.82) is 0 Å². The Morgan fingerprint density at radius 2 is 2.33 bits per heavy atom. The van der Waals surface area contributed by atoms with Gasteiger partial charge in [-0.2, -0.15) is 0 Å². The first-order valence-corrected chi connectivity index (χ1v) is 4.62. The van der Waals surface area contributed by atoms with Crippen molar-refractivity contribution in [2.24, 2.45) is 5.92 Å². The number of carboxylic acid groups (broad SMARTS) is 1. The van der Waals surface area contributed by atoms with Gasteiger partial charge in [-0.1, -0.05) is 6.07 Å².